The van der Waals surface area contributed by atoms with Crippen molar-refractivity contribution in [3.8, 4) is 0 Å². The first kappa shape index (κ1) is 45.8. The van der Waals surface area contributed by atoms with Crippen LogP contribution in [0.3, 0.4) is 0 Å². The van der Waals surface area contributed by atoms with E-state index in [0.717, 1.165) is 64.9 Å². The second-order valence-corrected chi connectivity index (χ2v) is 14.6. The zero-order valence-corrected chi connectivity index (χ0v) is 31.6. The van der Waals surface area contributed by atoms with Crippen LogP contribution in [0.2, 0.25) is 0 Å². The summed E-state index contributed by atoms with van der Waals surface area (Å²) in [6.45, 7) is 3.85. The van der Waals surface area contributed by atoms with Gasteiger partial charge in [0, 0.05) is 20.0 Å². The maximum Gasteiger partial charge on any atom is 0.472 e. The minimum absolute atomic E-state index is 0.223. The van der Waals surface area contributed by atoms with Crippen LogP contribution in [0.15, 0.2) is 12.2 Å². The summed E-state index contributed by atoms with van der Waals surface area (Å²) in [6.07, 6.45) is 35.5. The Balaban J connectivity index is 3.98. The Kier molecular flexibility index (Phi) is 33.8. The fourth-order valence-electron chi connectivity index (χ4n) is 5.46. The summed E-state index contributed by atoms with van der Waals surface area (Å²) in [5.41, 5.74) is 0. The second-order valence-electron chi connectivity index (χ2n) is 13.1. The highest BCUT2D eigenvalue weighted by Gasteiger charge is 2.24. The normalized spacial score (nSPS) is 13.5. The quantitative estimate of drug-likeness (QED) is 0.0300. The molecule has 0 bridgehead atoms. The van der Waals surface area contributed by atoms with Crippen molar-refractivity contribution < 1.29 is 37.6 Å². The maximum absolute atomic E-state index is 12.4. The minimum atomic E-state index is -4.25. The van der Waals surface area contributed by atoms with E-state index in [9.17, 15) is 19.0 Å². The lowest BCUT2D eigenvalue weighted by Gasteiger charge is -2.19. The molecule has 0 aliphatic rings. The lowest BCUT2D eigenvalue weighted by molar-refractivity contribution is -0.161. The van der Waals surface area contributed by atoms with Gasteiger partial charge in [-0.15, -0.1) is 0 Å². The van der Waals surface area contributed by atoms with E-state index in [0.29, 0.717) is 12.8 Å². The van der Waals surface area contributed by atoms with Crippen molar-refractivity contribution >= 4 is 19.8 Å². The van der Waals surface area contributed by atoms with Gasteiger partial charge in [0.2, 0.25) is 0 Å². The molecule has 0 saturated carbocycles. The standard InChI is InChI=1S/C38H73O8P/c1-4-6-8-10-12-14-16-17-18-19-20-21-23-24-26-28-30-32-37(39)44-34-36(35-45-47(41,42)43-3)46-38(40)33-31-29-27-25-22-15-13-11-9-7-5-2/h11,13,36H,4-10,12,14-35H2,1-3H3,(H,41,42)/b13-11-. The minimum Gasteiger partial charge on any atom is -0.462 e. The number of carbonyl (C=O) groups excluding carboxylic acids is 2. The van der Waals surface area contributed by atoms with Gasteiger partial charge >= 0.3 is 19.8 Å². The molecular formula is C38H73O8P. The number of unbranched alkanes of at least 4 members (excludes halogenated alkanes) is 23. The third-order valence-electron chi connectivity index (χ3n) is 8.51. The van der Waals surface area contributed by atoms with Crippen LogP contribution >= 0.6 is 7.82 Å². The molecule has 2 atom stereocenters. The van der Waals surface area contributed by atoms with E-state index in [-0.39, 0.29) is 19.0 Å². The molecule has 0 saturated heterocycles. The van der Waals surface area contributed by atoms with E-state index in [1.165, 1.54) is 103 Å². The van der Waals surface area contributed by atoms with Gasteiger partial charge in [0.15, 0.2) is 6.10 Å². The van der Waals surface area contributed by atoms with Gasteiger partial charge in [-0.05, 0) is 32.1 Å². The molecule has 8 nitrogen and oxygen atoms in total. The molecule has 0 aromatic rings. The smallest absolute Gasteiger partial charge is 0.462 e. The summed E-state index contributed by atoms with van der Waals surface area (Å²) >= 11 is 0. The average molecular weight is 689 g/mol. The van der Waals surface area contributed by atoms with Crippen molar-refractivity contribution in [3.63, 3.8) is 0 Å². The molecular weight excluding hydrogens is 615 g/mol. The molecule has 0 radical (unpaired) electrons. The molecule has 0 amide bonds. The first-order valence-corrected chi connectivity index (χ1v) is 20.9. The Morgan fingerprint density at radius 2 is 0.979 bits per heavy atom. The summed E-state index contributed by atoms with van der Waals surface area (Å²) in [6, 6.07) is 0. The van der Waals surface area contributed by atoms with E-state index in [2.05, 4.69) is 30.5 Å². The van der Waals surface area contributed by atoms with E-state index < -0.39 is 26.5 Å². The average Bonchev–Trinajstić information content (AvgIpc) is 3.06. The van der Waals surface area contributed by atoms with Crippen molar-refractivity contribution in [2.24, 2.45) is 0 Å². The molecule has 0 rings (SSSR count). The van der Waals surface area contributed by atoms with Crippen LogP contribution in [-0.4, -0.2) is 43.3 Å². The first-order valence-electron chi connectivity index (χ1n) is 19.4. The van der Waals surface area contributed by atoms with Crippen LogP contribution in [0, 0.1) is 0 Å². The Labute approximate surface area is 289 Å². The fourth-order valence-corrected chi connectivity index (χ4v) is 5.92. The molecule has 2 unspecified atom stereocenters. The Morgan fingerprint density at radius 3 is 1.45 bits per heavy atom. The number of carbonyl (C=O) groups is 2. The summed E-state index contributed by atoms with van der Waals surface area (Å²) in [4.78, 5) is 34.3. The van der Waals surface area contributed by atoms with Crippen molar-refractivity contribution in [3.05, 3.63) is 12.2 Å². The molecule has 0 aliphatic heterocycles. The molecule has 0 heterocycles. The Bertz CT molecular complexity index is 788. The largest absolute Gasteiger partial charge is 0.472 e. The molecule has 0 fully saturated rings. The van der Waals surface area contributed by atoms with Crippen LogP contribution in [0.4, 0.5) is 0 Å². The highest BCUT2D eigenvalue weighted by atomic mass is 31.2. The lowest BCUT2D eigenvalue weighted by Crippen LogP contribution is -2.29. The summed E-state index contributed by atoms with van der Waals surface area (Å²) in [5.74, 6) is -0.807. The van der Waals surface area contributed by atoms with Gasteiger partial charge < -0.3 is 14.4 Å². The maximum atomic E-state index is 12.4. The summed E-state index contributed by atoms with van der Waals surface area (Å²) in [7, 11) is -3.19. The van der Waals surface area contributed by atoms with Crippen LogP contribution < -0.4 is 0 Å². The molecule has 1 N–H and O–H groups in total. The van der Waals surface area contributed by atoms with E-state index in [1.807, 2.05) is 0 Å². The van der Waals surface area contributed by atoms with Crippen molar-refractivity contribution in [1.82, 2.24) is 0 Å². The van der Waals surface area contributed by atoms with E-state index >= 15 is 0 Å². The summed E-state index contributed by atoms with van der Waals surface area (Å²) in [5, 5.41) is 0. The Morgan fingerprint density at radius 1 is 0.574 bits per heavy atom. The van der Waals surface area contributed by atoms with Crippen molar-refractivity contribution in [2.45, 2.75) is 200 Å². The molecule has 47 heavy (non-hydrogen) atoms. The number of hydrogen-bond acceptors (Lipinski definition) is 7. The number of phosphoric ester groups is 1. The first-order chi connectivity index (χ1) is 22.8. The number of esters is 2. The number of allylic oxidation sites excluding steroid dienone is 2. The second kappa shape index (κ2) is 34.6. The summed E-state index contributed by atoms with van der Waals surface area (Å²) < 4.78 is 31.8. The molecule has 0 spiro atoms. The van der Waals surface area contributed by atoms with Crippen LogP contribution in [0.5, 0.6) is 0 Å². The number of rotatable bonds is 36. The lowest BCUT2D eigenvalue weighted by atomic mass is 10.0. The van der Waals surface area contributed by atoms with Crippen LogP contribution in [-0.2, 0) is 32.7 Å². The number of hydrogen-bond donors (Lipinski definition) is 1. The number of phosphoric acid groups is 1. The topological polar surface area (TPSA) is 108 Å². The fraction of sp³-hybridized carbons (Fsp3) is 0.895. The van der Waals surface area contributed by atoms with Crippen LogP contribution in [0.1, 0.15) is 194 Å². The molecule has 0 aliphatic carbocycles. The molecule has 9 heteroatoms. The molecule has 0 aromatic heterocycles. The van der Waals surface area contributed by atoms with Crippen LogP contribution in [0.25, 0.3) is 0 Å². The van der Waals surface area contributed by atoms with Crippen molar-refractivity contribution in [1.29, 1.82) is 0 Å². The van der Waals surface area contributed by atoms with Gasteiger partial charge in [0.25, 0.3) is 0 Å². The monoisotopic (exact) mass is 689 g/mol. The zero-order valence-electron chi connectivity index (χ0n) is 30.7. The zero-order chi connectivity index (χ0) is 34.7. The Hall–Kier alpha value is -1.21. The highest BCUT2D eigenvalue weighted by Crippen LogP contribution is 2.42. The molecule has 278 valence electrons. The van der Waals surface area contributed by atoms with Gasteiger partial charge in [-0.1, -0.05) is 161 Å². The molecule has 0 aromatic carbocycles. The highest BCUT2D eigenvalue weighted by molar-refractivity contribution is 7.47. The van der Waals surface area contributed by atoms with Gasteiger partial charge in [0.05, 0.1) is 6.61 Å². The van der Waals surface area contributed by atoms with Gasteiger partial charge in [-0.3, -0.25) is 18.6 Å². The SMILES string of the molecule is CCCC/C=C\CCCCCCCC(=O)OC(COC(=O)CCCCCCCCCCCCCCCCCCC)COP(=O)(O)OC. The predicted octanol–water partition coefficient (Wildman–Crippen LogP) is 11.7. The van der Waals surface area contributed by atoms with E-state index in [1.54, 1.807) is 0 Å². The van der Waals surface area contributed by atoms with Gasteiger partial charge in [-0.2, -0.15) is 0 Å². The van der Waals surface area contributed by atoms with Gasteiger partial charge in [0.1, 0.15) is 6.61 Å². The van der Waals surface area contributed by atoms with E-state index in [4.69, 9.17) is 14.0 Å². The number of ether oxygens (including phenoxy) is 2. The third kappa shape index (κ3) is 34.5. The third-order valence-corrected chi connectivity index (χ3v) is 9.45. The predicted molar refractivity (Wildman–Crippen MR) is 193 cm³/mol. The van der Waals surface area contributed by atoms with Gasteiger partial charge in [-0.25, -0.2) is 4.57 Å². The van der Waals surface area contributed by atoms with Crippen molar-refractivity contribution in [2.75, 3.05) is 20.3 Å².